The topological polar surface area (TPSA) is 64.9 Å². The lowest BCUT2D eigenvalue weighted by Crippen LogP contribution is -2.17. The van der Waals surface area contributed by atoms with E-state index in [0.717, 1.165) is 10.0 Å². The van der Waals surface area contributed by atoms with E-state index in [0.29, 0.717) is 18.1 Å². The van der Waals surface area contributed by atoms with Crippen molar-refractivity contribution in [2.24, 2.45) is 5.73 Å². The Labute approximate surface area is 102 Å². The summed E-state index contributed by atoms with van der Waals surface area (Å²) in [5.41, 5.74) is 6.59. The van der Waals surface area contributed by atoms with Crippen molar-refractivity contribution in [1.82, 2.24) is 10.1 Å². The maximum Gasteiger partial charge on any atom is 0.228 e. The molecule has 16 heavy (non-hydrogen) atoms. The van der Waals surface area contributed by atoms with Crippen molar-refractivity contribution in [2.75, 3.05) is 0 Å². The minimum atomic E-state index is 0.0239. The van der Waals surface area contributed by atoms with Crippen LogP contribution in [0, 0.1) is 0 Å². The average molecular weight is 282 g/mol. The zero-order valence-electron chi connectivity index (χ0n) is 8.85. The van der Waals surface area contributed by atoms with Crippen LogP contribution in [0.1, 0.15) is 12.8 Å². The normalized spacial score (nSPS) is 12.7. The minimum absolute atomic E-state index is 0.0239. The summed E-state index contributed by atoms with van der Waals surface area (Å²) in [4.78, 5) is 4.28. The number of hydrogen-bond acceptors (Lipinski definition) is 4. The molecule has 1 unspecified atom stereocenters. The average Bonchev–Trinajstić information content (AvgIpc) is 2.65. The third-order valence-corrected chi connectivity index (χ3v) is 2.54. The van der Waals surface area contributed by atoms with Gasteiger partial charge in [-0.15, -0.1) is 0 Å². The van der Waals surface area contributed by atoms with E-state index in [2.05, 4.69) is 26.1 Å². The van der Waals surface area contributed by atoms with Gasteiger partial charge in [-0.3, -0.25) is 0 Å². The molecule has 0 bridgehead atoms. The molecule has 5 heteroatoms. The lowest BCUT2D eigenvalue weighted by atomic mass is 10.2. The van der Waals surface area contributed by atoms with Gasteiger partial charge in [0.25, 0.3) is 0 Å². The molecule has 1 heterocycles. The van der Waals surface area contributed by atoms with E-state index in [1.54, 1.807) is 0 Å². The van der Waals surface area contributed by atoms with Gasteiger partial charge in [-0.1, -0.05) is 33.2 Å². The Morgan fingerprint density at radius 2 is 2.31 bits per heavy atom. The van der Waals surface area contributed by atoms with Crippen LogP contribution in [0.3, 0.4) is 0 Å². The van der Waals surface area contributed by atoms with Gasteiger partial charge >= 0.3 is 0 Å². The lowest BCUT2D eigenvalue weighted by Gasteiger charge is -1.97. The van der Waals surface area contributed by atoms with Crippen LogP contribution >= 0.6 is 15.9 Å². The van der Waals surface area contributed by atoms with Gasteiger partial charge in [0.1, 0.15) is 0 Å². The highest BCUT2D eigenvalue weighted by molar-refractivity contribution is 9.10. The molecule has 0 amide bonds. The first-order valence-electron chi connectivity index (χ1n) is 4.99. The number of halogens is 1. The molecule has 2 rings (SSSR count). The van der Waals surface area contributed by atoms with Crippen molar-refractivity contribution in [1.29, 1.82) is 0 Å². The van der Waals surface area contributed by atoms with Crippen LogP contribution in [0.5, 0.6) is 0 Å². The van der Waals surface area contributed by atoms with Crippen molar-refractivity contribution in [3.63, 3.8) is 0 Å². The first-order chi connectivity index (χ1) is 7.65. The van der Waals surface area contributed by atoms with Gasteiger partial charge in [0.05, 0.1) is 0 Å². The highest BCUT2D eigenvalue weighted by Crippen LogP contribution is 2.20. The van der Waals surface area contributed by atoms with Crippen LogP contribution in [-0.2, 0) is 6.42 Å². The molecule has 0 aliphatic carbocycles. The van der Waals surface area contributed by atoms with E-state index in [4.69, 9.17) is 10.3 Å². The first kappa shape index (κ1) is 11.3. The molecule has 0 spiro atoms. The van der Waals surface area contributed by atoms with Gasteiger partial charge in [-0.25, -0.2) is 0 Å². The van der Waals surface area contributed by atoms with Crippen LogP contribution in [0.25, 0.3) is 11.4 Å². The van der Waals surface area contributed by atoms with Crippen LogP contribution in [0.4, 0.5) is 0 Å². The van der Waals surface area contributed by atoms with E-state index < -0.39 is 0 Å². The van der Waals surface area contributed by atoms with E-state index in [-0.39, 0.29) is 6.04 Å². The molecule has 2 aromatic rings. The summed E-state index contributed by atoms with van der Waals surface area (Å²) in [5.74, 6) is 1.17. The summed E-state index contributed by atoms with van der Waals surface area (Å²) in [6.07, 6.45) is 0.598. The number of nitrogens with zero attached hydrogens (tertiary/aromatic N) is 2. The predicted molar refractivity (Wildman–Crippen MR) is 64.8 cm³/mol. The third kappa shape index (κ3) is 2.68. The molecule has 0 radical (unpaired) electrons. The number of benzene rings is 1. The van der Waals surface area contributed by atoms with Crippen LogP contribution < -0.4 is 5.73 Å². The van der Waals surface area contributed by atoms with Gasteiger partial charge in [0.15, 0.2) is 0 Å². The van der Waals surface area contributed by atoms with Gasteiger partial charge in [0, 0.05) is 22.5 Å². The molecular formula is C11H12BrN3O. The van der Waals surface area contributed by atoms with Gasteiger partial charge in [0.2, 0.25) is 11.7 Å². The smallest absolute Gasteiger partial charge is 0.228 e. The molecule has 0 aliphatic rings. The summed E-state index contributed by atoms with van der Waals surface area (Å²) < 4.78 is 6.10. The standard InChI is InChI=1S/C11H12BrN3O/c1-7(13)5-10-14-11(15-16-10)8-3-2-4-9(12)6-8/h2-4,6-7H,5,13H2,1H3. The molecule has 0 saturated carbocycles. The van der Waals surface area contributed by atoms with Crippen LogP contribution in [-0.4, -0.2) is 16.2 Å². The van der Waals surface area contributed by atoms with Crippen LogP contribution in [0.2, 0.25) is 0 Å². The number of nitrogens with two attached hydrogens (primary N) is 1. The van der Waals surface area contributed by atoms with Crippen molar-refractivity contribution in [3.05, 3.63) is 34.6 Å². The highest BCUT2D eigenvalue weighted by Gasteiger charge is 2.09. The zero-order chi connectivity index (χ0) is 11.5. The number of hydrogen-bond donors (Lipinski definition) is 1. The zero-order valence-corrected chi connectivity index (χ0v) is 10.4. The number of aromatic nitrogens is 2. The molecule has 0 fully saturated rings. The van der Waals surface area contributed by atoms with Crippen molar-refractivity contribution >= 4 is 15.9 Å². The fraction of sp³-hybridized carbons (Fsp3) is 0.273. The molecule has 0 saturated heterocycles. The second kappa shape index (κ2) is 4.76. The van der Waals surface area contributed by atoms with E-state index >= 15 is 0 Å². The molecule has 4 nitrogen and oxygen atoms in total. The highest BCUT2D eigenvalue weighted by atomic mass is 79.9. The Kier molecular flexibility index (Phi) is 3.36. The SMILES string of the molecule is CC(N)Cc1nc(-c2cccc(Br)c2)no1. The number of rotatable bonds is 3. The summed E-state index contributed by atoms with van der Waals surface area (Å²) in [6.45, 7) is 1.91. The Bertz CT molecular complexity index is 482. The van der Waals surface area contributed by atoms with Gasteiger partial charge < -0.3 is 10.3 Å². The molecule has 1 aromatic carbocycles. The van der Waals surface area contributed by atoms with E-state index in [9.17, 15) is 0 Å². The molecular weight excluding hydrogens is 270 g/mol. The minimum Gasteiger partial charge on any atom is -0.339 e. The van der Waals surface area contributed by atoms with E-state index in [1.165, 1.54) is 0 Å². The maximum absolute atomic E-state index is 5.66. The fourth-order valence-corrected chi connectivity index (χ4v) is 1.76. The van der Waals surface area contributed by atoms with Crippen molar-refractivity contribution < 1.29 is 4.52 Å². The van der Waals surface area contributed by atoms with Gasteiger partial charge in [-0.05, 0) is 19.1 Å². The van der Waals surface area contributed by atoms with E-state index in [1.807, 2.05) is 31.2 Å². The second-order valence-corrected chi connectivity index (χ2v) is 4.62. The first-order valence-corrected chi connectivity index (χ1v) is 5.78. The molecule has 1 aromatic heterocycles. The summed E-state index contributed by atoms with van der Waals surface area (Å²) in [5, 5.41) is 3.92. The molecule has 2 N–H and O–H groups in total. The lowest BCUT2D eigenvalue weighted by molar-refractivity contribution is 0.372. The van der Waals surface area contributed by atoms with Gasteiger partial charge in [-0.2, -0.15) is 4.98 Å². The Morgan fingerprint density at radius 3 is 3.00 bits per heavy atom. The summed E-state index contributed by atoms with van der Waals surface area (Å²) >= 11 is 3.40. The summed E-state index contributed by atoms with van der Waals surface area (Å²) in [6, 6.07) is 7.79. The fourth-order valence-electron chi connectivity index (χ4n) is 1.36. The second-order valence-electron chi connectivity index (χ2n) is 3.70. The molecule has 0 aliphatic heterocycles. The Morgan fingerprint density at radius 1 is 1.50 bits per heavy atom. The Balaban J connectivity index is 2.24. The quantitative estimate of drug-likeness (QED) is 0.938. The van der Waals surface area contributed by atoms with Crippen LogP contribution in [0.15, 0.2) is 33.3 Å². The molecule has 84 valence electrons. The van der Waals surface area contributed by atoms with Crippen molar-refractivity contribution in [2.45, 2.75) is 19.4 Å². The van der Waals surface area contributed by atoms with Crippen molar-refractivity contribution in [3.8, 4) is 11.4 Å². The summed E-state index contributed by atoms with van der Waals surface area (Å²) in [7, 11) is 0. The largest absolute Gasteiger partial charge is 0.339 e. The molecule has 1 atom stereocenters. The maximum atomic E-state index is 5.66. The predicted octanol–water partition coefficient (Wildman–Crippen LogP) is 2.39. The monoisotopic (exact) mass is 281 g/mol. The third-order valence-electron chi connectivity index (χ3n) is 2.05. The Hall–Kier alpha value is -1.20.